The van der Waals surface area contributed by atoms with Crippen LogP contribution in [0.3, 0.4) is 0 Å². The monoisotopic (exact) mass is 272 g/mol. The lowest BCUT2D eigenvalue weighted by Gasteiger charge is -2.23. The summed E-state index contributed by atoms with van der Waals surface area (Å²) in [5, 5.41) is 1.04. The topological polar surface area (TPSA) is 46.3 Å². The minimum absolute atomic E-state index is 0.0235. The van der Waals surface area contributed by atoms with E-state index in [0.29, 0.717) is 22.3 Å². The van der Waals surface area contributed by atoms with E-state index in [1.807, 2.05) is 0 Å². The summed E-state index contributed by atoms with van der Waals surface area (Å²) < 4.78 is 0. The van der Waals surface area contributed by atoms with Crippen LogP contribution >= 0.6 is 23.2 Å². The van der Waals surface area contributed by atoms with Gasteiger partial charge in [0.2, 0.25) is 5.91 Å². The van der Waals surface area contributed by atoms with Gasteiger partial charge in [-0.05, 0) is 30.5 Å². The van der Waals surface area contributed by atoms with Gasteiger partial charge in [0.05, 0.1) is 10.7 Å². The highest BCUT2D eigenvalue weighted by molar-refractivity contribution is 6.37. The standard InChI is InChI=1S/C12H14Cl2N2O/c1-7(17)16-4-2-3-11(15)9-5-8(13)6-10(14)12(9)16/h5-6,11H,2-4,15H2,1H3. The number of fused-ring (bicyclic) bond motifs is 1. The highest BCUT2D eigenvalue weighted by atomic mass is 35.5. The number of halogens is 2. The van der Waals surface area contributed by atoms with E-state index >= 15 is 0 Å². The number of anilines is 1. The van der Waals surface area contributed by atoms with Crippen molar-refractivity contribution in [3.8, 4) is 0 Å². The number of carbonyl (C=O) groups excluding carboxylic acids is 1. The Balaban J connectivity index is 2.62. The normalized spacial score (nSPS) is 19.8. The number of hydrogen-bond donors (Lipinski definition) is 1. The van der Waals surface area contributed by atoms with Crippen molar-refractivity contribution in [3.05, 3.63) is 27.7 Å². The molecule has 1 aliphatic heterocycles. The van der Waals surface area contributed by atoms with Crippen molar-refractivity contribution in [3.63, 3.8) is 0 Å². The first kappa shape index (κ1) is 12.7. The fraction of sp³-hybridized carbons (Fsp3) is 0.417. The average Bonchev–Trinajstić information content (AvgIpc) is 2.39. The van der Waals surface area contributed by atoms with Crippen LogP contribution in [-0.2, 0) is 4.79 Å². The summed E-state index contributed by atoms with van der Waals surface area (Å²) in [5.74, 6) is -0.0235. The van der Waals surface area contributed by atoms with E-state index in [-0.39, 0.29) is 11.9 Å². The number of amides is 1. The zero-order valence-electron chi connectivity index (χ0n) is 9.54. The Morgan fingerprint density at radius 2 is 2.18 bits per heavy atom. The van der Waals surface area contributed by atoms with E-state index < -0.39 is 0 Å². The Labute approximate surface area is 110 Å². The summed E-state index contributed by atoms with van der Waals surface area (Å²) >= 11 is 12.2. The molecule has 2 rings (SSSR count). The van der Waals surface area contributed by atoms with Crippen molar-refractivity contribution in [2.75, 3.05) is 11.4 Å². The second-order valence-corrected chi connectivity index (χ2v) is 5.09. The molecule has 1 heterocycles. The third-order valence-electron chi connectivity index (χ3n) is 3.00. The van der Waals surface area contributed by atoms with Crippen LogP contribution in [0.1, 0.15) is 31.4 Å². The van der Waals surface area contributed by atoms with Crippen LogP contribution in [0, 0.1) is 0 Å². The number of rotatable bonds is 0. The van der Waals surface area contributed by atoms with Crippen molar-refractivity contribution < 1.29 is 4.79 Å². The first-order chi connectivity index (χ1) is 8.00. The molecule has 17 heavy (non-hydrogen) atoms. The fourth-order valence-electron chi connectivity index (χ4n) is 2.20. The van der Waals surface area contributed by atoms with Crippen LogP contribution in [0.25, 0.3) is 0 Å². The average molecular weight is 273 g/mol. The second kappa shape index (κ2) is 4.84. The molecule has 0 aromatic heterocycles. The quantitative estimate of drug-likeness (QED) is 0.789. The van der Waals surface area contributed by atoms with E-state index in [1.54, 1.807) is 17.0 Å². The number of benzene rings is 1. The van der Waals surface area contributed by atoms with Crippen LogP contribution in [0.2, 0.25) is 10.0 Å². The third kappa shape index (κ3) is 2.41. The summed E-state index contributed by atoms with van der Waals surface area (Å²) in [7, 11) is 0. The predicted molar refractivity (Wildman–Crippen MR) is 70.7 cm³/mol. The molecule has 0 fully saturated rings. The van der Waals surface area contributed by atoms with E-state index in [4.69, 9.17) is 28.9 Å². The lowest BCUT2D eigenvalue weighted by atomic mass is 10.0. The highest BCUT2D eigenvalue weighted by Gasteiger charge is 2.25. The Hall–Kier alpha value is -0.770. The largest absolute Gasteiger partial charge is 0.324 e. The molecule has 0 bridgehead atoms. The van der Waals surface area contributed by atoms with Gasteiger partial charge in [-0.2, -0.15) is 0 Å². The third-order valence-corrected chi connectivity index (χ3v) is 3.51. The smallest absolute Gasteiger partial charge is 0.223 e. The minimum atomic E-state index is -0.120. The number of nitrogens with two attached hydrogens (primary N) is 1. The van der Waals surface area contributed by atoms with Crippen LogP contribution in [0.5, 0.6) is 0 Å². The summed E-state index contributed by atoms with van der Waals surface area (Å²) in [6.45, 7) is 2.18. The van der Waals surface area contributed by atoms with Crippen molar-refractivity contribution in [1.29, 1.82) is 0 Å². The molecule has 1 aromatic carbocycles. The molecule has 0 spiro atoms. The maximum atomic E-state index is 11.7. The fourth-order valence-corrected chi connectivity index (χ4v) is 2.82. The van der Waals surface area contributed by atoms with E-state index in [2.05, 4.69) is 0 Å². The van der Waals surface area contributed by atoms with E-state index in [1.165, 1.54) is 6.92 Å². The van der Waals surface area contributed by atoms with Gasteiger partial charge in [-0.3, -0.25) is 4.79 Å². The molecule has 0 aliphatic carbocycles. The zero-order valence-corrected chi connectivity index (χ0v) is 11.1. The highest BCUT2D eigenvalue weighted by Crippen LogP contribution is 2.39. The molecule has 1 amide bonds. The Morgan fingerprint density at radius 3 is 2.82 bits per heavy atom. The van der Waals surface area contributed by atoms with Gasteiger partial charge in [-0.25, -0.2) is 0 Å². The van der Waals surface area contributed by atoms with Crippen molar-refractivity contribution in [2.45, 2.75) is 25.8 Å². The van der Waals surface area contributed by atoms with Crippen molar-refractivity contribution in [2.24, 2.45) is 5.73 Å². The molecule has 92 valence electrons. The van der Waals surface area contributed by atoms with Gasteiger partial charge in [-0.15, -0.1) is 0 Å². The number of hydrogen-bond acceptors (Lipinski definition) is 2. The lowest BCUT2D eigenvalue weighted by molar-refractivity contribution is -0.116. The van der Waals surface area contributed by atoms with E-state index in [9.17, 15) is 4.79 Å². The first-order valence-electron chi connectivity index (χ1n) is 5.53. The molecule has 1 aromatic rings. The van der Waals surface area contributed by atoms with Gasteiger partial charge in [0.25, 0.3) is 0 Å². The predicted octanol–water partition coefficient (Wildman–Crippen LogP) is 3.14. The van der Waals surface area contributed by atoms with Gasteiger partial charge in [0.1, 0.15) is 0 Å². The van der Waals surface area contributed by atoms with Gasteiger partial charge < -0.3 is 10.6 Å². The second-order valence-electron chi connectivity index (χ2n) is 4.24. The molecule has 1 atom stereocenters. The maximum Gasteiger partial charge on any atom is 0.223 e. The zero-order chi connectivity index (χ0) is 12.6. The summed E-state index contributed by atoms with van der Waals surface area (Å²) in [6, 6.07) is 3.33. The molecule has 0 saturated heterocycles. The SMILES string of the molecule is CC(=O)N1CCCC(N)c2cc(Cl)cc(Cl)c21. The molecule has 3 nitrogen and oxygen atoms in total. The Morgan fingerprint density at radius 1 is 1.47 bits per heavy atom. The number of nitrogens with zero attached hydrogens (tertiary/aromatic N) is 1. The van der Waals surface area contributed by atoms with Crippen LogP contribution in [0.15, 0.2) is 12.1 Å². The van der Waals surface area contributed by atoms with Gasteiger partial charge in [0, 0.05) is 24.5 Å². The Bertz CT molecular complexity index is 462. The first-order valence-corrected chi connectivity index (χ1v) is 6.29. The van der Waals surface area contributed by atoms with Crippen molar-refractivity contribution >= 4 is 34.8 Å². The van der Waals surface area contributed by atoms with Crippen LogP contribution in [-0.4, -0.2) is 12.5 Å². The molecular formula is C12H14Cl2N2O. The maximum absolute atomic E-state index is 11.7. The van der Waals surface area contributed by atoms with Crippen LogP contribution < -0.4 is 10.6 Å². The molecule has 1 aliphatic rings. The van der Waals surface area contributed by atoms with E-state index in [0.717, 1.165) is 18.4 Å². The van der Waals surface area contributed by atoms with Gasteiger partial charge in [0.15, 0.2) is 0 Å². The summed E-state index contributed by atoms with van der Waals surface area (Å²) in [6.07, 6.45) is 1.69. The summed E-state index contributed by atoms with van der Waals surface area (Å²) in [4.78, 5) is 13.3. The minimum Gasteiger partial charge on any atom is -0.324 e. The van der Waals surface area contributed by atoms with Gasteiger partial charge in [-0.1, -0.05) is 23.2 Å². The summed E-state index contributed by atoms with van der Waals surface area (Å²) in [5.41, 5.74) is 7.66. The Kier molecular flexibility index (Phi) is 3.61. The van der Waals surface area contributed by atoms with Crippen LogP contribution in [0.4, 0.5) is 5.69 Å². The molecule has 2 N–H and O–H groups in total. The number of carbonyl (C=O) groups is 1. The molecule has 1 unspecified atom stereocenters. The van der Waals surface area contributed by atoms with Gasteiger partial charge >= 0.3 is 0 Å². The molecule has 5 heteroatoms. The lowest BCUT2D eigenvalue weighted by Crippen LogP contribution is -2.29. The molecule has 0 saturated carbocycles. The molecule has 0 radical (unpaired) electrons. The van der Waals surface area contributed by atoms with Crippen molar-refractivity contribution in [1.82, 2.24) is 0 Å². The molecular weight excluding hydrogens is 259 g/mol.